The molecule has 1 saturated heterocycles. The summed E-state index contributed by atoms with van der Waals surface area (Å²) in [5, 5.41) is 7.49. The van der Waals surface area contributed by atoms with Crippen molar-refractivity contribution in [2.45, 2.75) is 76.4 Å². The molecule has 6 heteroatoms. The molecule has 2 aromatic rings. The fraction of sp³-hybridized carbons (Fsp3) is 0.615. The number of carbonyl (C=O) groups excluding carboxylic acids is 1. The largest absolute Gasteiger partial charge is 0.490 e. The Balaban J connectivity index is 1.11. The third-order valence-corrected chi connectivity index (χ3v) is 7.59. The van der Waals surface area contributed by atoms with Gasteiger partial charge in [0, 0.05) is 31.9 Å². The molecule has 0 unspecified atom stereocenters. The molecule has 6 nitrogen and oxygen atoms in total. The molecule has 2 saturated carbocycles. The maximum atomic E-state index is 12.5. The number of nitrogens with one attached hydrogen (secondary N) is 1. The molecule has 1 N–H and O–H groups in total. The molecule has 5 rings (SSSR count). The predicted octanol–water partition coefficient (Wildman–Crippen LogP) is 4.58. The normalized spacial score (nSPS) is 21.2. The monoisotopic (exact) mass is 436 g/mol. The zero-order valence-corrected chi connectivity index (χ0v) is 19.0. The third kappa shape index (κ3) is 5.17. The zero-order chi connectivity index (χ0) is 21.8. The summed E-state index contributed by atoms with van der Waals surface area (Å²) in [5.41, 5.74) is 1.54. The Morgan fingerprint density at radius 3 is 2.41 bits per heavy atom. The van der Waals surface area contributed by atoms with Gasteiger partial charge >= 0.3 is 0 Å². The molecule has 1 aromatic heterocycles. The number of benzene rings is 1. The van der Waals surface area contributed by atoms with E-state index in [9.17, 15) is 4.79 Å². The summed E-state index contributed by atoms with van der Waals surface area (Å²) in [5.74, 6) is 1.50. The highest BCUT2D eigenvalue weighted by molar-refractivity contribution is 5.93. The Hall–Kier alpha value is -2.34. The van der Waals surface area contributed by atoms with Gasteiger partial charge in [-0.25, -0.2) is 4.68 Å². The van der Waals surface area contributed by atoms with Gasteiger partial charge in [0.25, 0.3) is 5.91 Å². The molecule has 2 aliphatic carbocycles. The number of nitrogens with zero attached hydrogens (tertiary/aromatic N) is 3. The molecule has 1 amide bonds. The number of carbonyl (C=O) groups is 1. The molecule has 3 fully saturated rings. The maximum absolute atomic E-state index is 12.5. The average Bonchev–Trinajstić information content (AvgIpc) is 3.29. The lowest BCUT2D eigenvalue weighted by atomic mass is 9.89. The van der Waals surface area contributed by atoms with Gasteiger partial charge in [-0.05, 0) is 68.7 Å². The molecule has 0 atom stereocenters. The van der Waals surface area contributed by atoms with Gasteiger partial charge in [0.05, 0.1) is 17.4 Å². The summed E-state index contributed by atoms with van der Waals surface area (Å²) >= 11 is 0. The lowest BCUT2D eigenvalue weighted by Gasteiger charge is -2.41. The van der Waals surface area contributed by atoms with Crippen molar-refractivity contribution in [2.24, 2.45) is 5.92 Å². The van der Waals surface area contributed by atoms with E-state index in [1.807, 2.05) is 30.5 Å². The molecule has 0 spiro atoms. The van der Waals surface area contributed by atoms with Crippen LogP contribution in [0.1, 0.15) is 74.6 Å². The first kappa shape index (κ1) is 21.5. The van der Waals surface area contributed by atoms with Crippen LogP contribution in [0.3, 0.4) is 0 Å². The number of hydrogen-bond acceptors (Lipinski definition) is 4. The Kier molecular flexibility index (Phi) is 6.77. The molecular formula is C26H36N4O2. The lowest BCUT2D eigenvalue weighted by molar-refractivity contribution is 0.0493. The lowest BCUT2D eigenvalue weighted by Crippen LogP contribution is -2.46. The summed E-state index contributed by atoms with van der Waals surface area (Å²) in [6.45, 7) is 3.09. The van der Waals surface area contributed by atoms with E-state index < -0.39 is 0 Å². The van der Waals surface area contributed by atoms with Crippen LogP contribution in [0.25, 0.3) is 5.69 Å². The first-order valence-corrected chi connectivity index (χ1v) is 12.6. The van der Waals surface area contributed by atoms with Crippen LogP contribution in [0, 0.1) is 5.92 Å². The van der Waals surface area contributed by atoms with E-state index in [1.165, 1.54) is 51.4 Å². The minimum absolute atomic E-state index is 0.0324. The first-order valence-electron chi connectivity index (χ1n) is 12.6. The summed E-state index contributed by atoms with van der Waals surface area (Å²) in [6.07, 6.45) is 16.5. The van der Waals surface area contributed by atoms with E-state index in [0.29, 0.717) is 17.6 Å². The van der Waals surface area contributed by atoms with Crippen molar-refractivity contribution in [3.8, 4) is 11.4 Å². The number of aromatic nitrogens is 2. The van der Waals surface area contributed by atoms with Gasteiger partial charge in [-0.1, -0.05) is 25.7 Å². The van der Waals surface area contributed by atoms with Crippen molar-refractivity contribution in [3.05, 3.63) is 42.2 Å². The fourth-order valence-electron chi connectivity index (χ4n) is 5.29. The second-order valence-electron chi connectivity index (χ2n) is 9.82. The van der Waals surface area contributed by atoms with Gasteiger partial charge in [0.2, 0.25) is 0 Å². The summed E-state index contributed by atoms with van der Waals surface area (Å²) in [7, 11) is 0. The number of ether oxygens (including phenoxy) is 1. The third-order valence-electron chi connectivity index (χ3n) is 7.59. The molecule has 1 aromatic carbocycles. The highest BCUT2D eigenvalue weighted by Crippen LogP contribution is 2.29. The van der Waals surface area contributed by atoms with Gasteiger partial charge in [-0.15, -0.1) is 0 Å². The predicted molar refractivity (Wildman–Crippen MR) is 125 cm³/mol. The van der Waals surface area contributed by atoms with E-state index in [1.54, 1.807) is 10.9 Å². The highest BCUT2D eigenvalue weighted by Gasteiger charge is 2.29. The van der Waals surface area contributed by atoms with Crippen molar-refractivity contribution in [3.63, 3.8) is 0 Å². The molecule has 32 heavy (non-hydrogen) atoms. The van der Waals surface area contributed by atoms with Crippen LogP contribution in [0.2, 0.25) is 0 Å². The van der Waals surface area contributed by atoms with Crippen LogP contribution >= 0.6 is 0 Å². The molecular weight excluding hydrogens is 400 g/mol. The Morgan fingerprint density at radius 1 is 0.969 bits per heavy atom. The summed E-state index contributed by atoms with van der Waals surface area (Å²) in [4.78, 5) is 15.2. The first-order chi connectivity index (χ1) is 15.7. The number of amides is 1. The van der Waals surface area contributed by atoms with Gasteiger partial charge in [-0.2, -0.15) is 5.10 Å². The number of rotatable bonds is 7. The van der Waals surface area contributed by atoms with Gasteiger partial charge in [-0.3, -0.25) is 4.79 Å². The minimum atomic E-state index is -0.0324. The topological polar surface area (TPSA) is 59.4 Å². The van der Waals surface area contributed by atoms with Crippen molar-refractivity contribution in [1.82, 2.24) is 20.0 Å². The number of piperidine rings is 1. The molecule has 172 valence electrons. The van der Waals surface area contributed by atoms with Gasteiger partial charge < -0.3 is 15.0 Å². The van der Waals surface area contributed by atoms with Crippen molar-refractivity contribution < 1.29 is 9.53 Å². The number of likely N-dealkylation sites (tertiary alicyclic amines) is 1. The van der Waals surface area contributed by atoms with Gasteiger partial charge in [0.15, 0.2) is 0 Å². The Labute approximate surface area is 191 Å². The summed E-state index contributed by atoms with van der Waals surface area (Å²) < 4.78 is 8.00. The molecule has 2 heterocycles. The second kappa shape index (κ2) is 10.1. The molecule has 1 aliphatic heterocycles. The smallest absolute Gasteiger partial charge is 0.254 e. The Bertz CT molecular complexity index is 875. The van der Waals surface area contributed by atoms with Crippen LogP contribution in [-0.4, -0.2) is 52.4 Å². The SMILES string of the molecule is O=C(NCC1CCCCC1)c1cnn(-c2ccc(OC3CCN(C4CCC4)CC3)cc2)c1. The average molecular weight is 437 g/mol. The molecule has 0 radical (unpaired) electrons. The second-order valence-corrected chi connectivity index (χ2v) is 9.82. The number of hydrogen-bond donors (Lipinski definition) is 1. The van der Waals surface area contributed by atoms with E-state index in [2.05, 4.69) is 15.3 Å². The molecule has 0 bridgehead atoms. The minimum Gasteiger partial charge on any atom is -0.490 e. The summed E-state index contributed by atoms with van der Waals surface area (Å²) in [6, 6.07) is 8.88. The van der Waals surface area contributed by atoms with Crippen LogP contribution in [0.5, 0.6) is 5.75 Å². The van der Waals surface area contributed by atoms with Crippen molar-refractivity contribution in [2.75, 3.05) is 19.6 Å². The van der Waals surface area contributed by atoms with Crippen LogP contribution in [0.15, 0.2) is 36.7 Å². The molecule has 3 aliphatic rings. The van der Waals surface area contributed by atoms with E-state index in [0.717, 1.165) is 50.0 Å². The van der Waals surface area contributed by atoms with Crippen molar-refractivity contribution >= 4 is 5.91 Å². The van der Waals surface area contributed by atoms with Gasteiger partial charge in [0.1, 0.15) is 11.9 Å². The van der Waals surface area contributed by atoms with Crippen LogP contribution in [-0.2, 0) is 0 Å². The van der Waals surface area contributed by atoms with E-state index in [-0.39, 0.29) is 5.91 Å². The highest BCUT2D eigenvalue weighted by atomic mass is 16.5. The maximum Gasteiger partial charge on any atom is 0.254 e. The van der Waals surface area contributed by atoms with E-state index in [4.69, 9.17) is 4.74 Å². The van der Waals surface area contributed by atoms with E-state index >= 15 is 0 Å². The quantitative estimate of drug-likeness (QED) is 0.690. The standard InChI is InChI=1S/C26H36N4O2/c31-26(27-17-20-5-2-1-3-6-20)21-18-28-30(19-21)23-9-11-24(12-10-23)32-25-13-15-29(16-14-25)22-7-4-8-22/h9-12,18-20,22,25H,1-8,13-17H2,(H,27,31). The zero-order valence-electron chi connectivity index (χ0n) is 19.0. The van der Waals surface area contributed by atoms with Crippen molar-refractivity contribution in [1.29, 1.82) is 0 Å². The van der Waals surface area contributed by atoms with Crippen LogP contribution < -0.4 is 10.1 Å². The van der Waals surface area contributed by atoms with Crippen LogP contribution in [0.4, 0.5) is 0 Å². The Morgan fingerprint density at radius 2 is 1.72 bits per heavy atom. The fourth-order valence-corrected chi connectivity index (χ4v) is 5.29.